The fourth-order valence-corrected chi connectivity index (χ4v) is 1.92. The highest BCUT2D eigenvalue weighted by Crippen LogP contribution is 2.19. The first-order valence-electron chi connectivity index (χ1n) is 5.78. The van der Waals surface area contributed by atoms with Gasteiger partial charge in [0.15, 0.2) is 11.9 Å². The number of H-pyrrole nitrogens is 1. The number of esters is 2. The van der Waals surface area contributed by atoms with E-state index in [1.54, 1.807) is 13.8 Å². The minimum absolute atomic E-state index is 0.133. The second kappa shape index (κ2) is 5.69. The largest absolute Gasteiger partial charge is 0.466 e. The van der Waals surface area contributed by atoms with Gasteiger partial charge in [0.25, 0.3) is 0 Å². The van der Waals surface area contributed by atoms with Gasteiger partial charge in [-0.15, -0.1) is 0 Å². The molecule has 1 rings (SSSR count). The van der Waals surface area contributed by atoms with E-state index in [0.717, 1.165) is 0 Å². The molecule has 0 amide bonds. The summed E-state index contributed by atoms with van der Waals surface area (Å²) in [5.74, 6) is -1.46. The summed E-state index contributed by atoms with van der Waals surface area (Å²) >= 11 is 0. The van der Waals surface area contributed by atoms with Crippen LogP contribution >= 0.6 is 0 Å². The first kappa shape index (κ1) is 14.9. The molecule has 1 atom stereocenters. The Morgan fingerprint density at radius 3 is 2.21 bits per heavy atom. The highest BCUT2D eigenvalue weighted by Gasteiger charge is 2.24. The van der Waals surface area contributed by atoms with Crippen molar-refractivity contribution in [3.05, 3.63) is 22.5 Å². The van der Waals surface area contributed by atoms with Gasteiger partial charge < -0.3 is 14.5 Å². The zero-order valence-corrected chi connectivity index (χ0v) is 11.6. The number of aryl methyl sites for hydroxylation is 1. The fraction of sp³-hybridized carbons (Fsp3) is 0.462. The zero-order chi connectivity index (χ0) is 14.7. The van der Waals surface area contributed by atoms with E-state index >= 15 is 0 Å². The monoisotopic (exact) mass is 267 g/mol. The molecule has 0 aromatic carbocycles. The Kier molecular flexibility index (Phi) is 4.47. The van der Waals surface area contributed by atoms with Gasteiger partial charge >= 0.3 is 11.9 Å². The molecule has 6 nitrogen and oxygen atoms in total. The number of aromatic nitrogens is 1. The Morgan fingerprint density at radius 2 is 1.79 bits per heavy atom. The van der Waals surface area contributed by atoms with Crippen LogP contribution < -0.4 is 0 Å². The molecule has 0 saturated carbocycles. The lowest BCUT2D eigenvalue weighted by Gasteiger charge is -2.10. The average molecular weight is 267 g/mol. The molecular formula is C13H17NO5. The summed E-state index contributed by atoms with van der Waals surface area (Å²) < 4.78 is 9.43. The number of carbonyl (C=O) groups excluding carboxylic acids is 3. The number of hydrogen-bond donors (Lipinski definition) is 1. The van der Waals surface area contributed by atoms with Crippen LogP contribution in [0.1, 0.15) is 46.0 Å². The Hall–Kier alpha value is -2.11. The van der Waals surface area contributed by atoms with Crippen LogP contribution in [0, 0.1) is 13.8 Å². The number of carbonyl (C=O) groups is 3. The van der Waals surface area contributed by atoms with Crippen LogP contribution in [0.25, 0.3) is 0 Å². The third-order valence-electron chi connectivity index (χ3n) is 2.81. The van der Waals surface area contributed by atoms with Crippen molar-refractivity contribution in [2.45, 2.75) is 33.8 Å². The summed E-state index contributed by atoms with van der Waals surface area (Å²) in [6.07, 6.45) is -0.999. The molecule has 104 valence electrons. The van der Waals surface area contributed by atoms with Crippen LogP contribution in [0.5, 0.6) is 0 Å². The summed E-state index contributed by atoms with van der Waals surface area (Å²) in [6, 6.07) is 0. The van der Waals surface area contributed by atoms with Gasteiger partial charge in [-0.25, -0.2) is 9.59 Å². The second-order valence-electron chi connectivity index (χ2n) is 4.25. The Balaban J connectivity index is 2.99. The van der Waals surface area contributed by atoms with Gasteiger partial charge in [0, 0.05) is 11.3 Å². The van der Waals surface area contributed by atoms with Crippen LogP contribution in [-0.4, -0.2) is 35.9 Å². The number of ether oxygens (including phenoxy) is 2. The fourth-order valence-electron chi connectivity index (χ4n) is 1.92. The molecule has 1 N–H and O–H groups in total. The van der Waals surface area contributed by atoms with Gasteiger partial charge in [-0.3, -0.25) is 4.79 Å². The molecule has 0 bridgehead atoms. The van der Waals surface area contributed by atoms with Crippen LogP contribution in [-0.2, 0) is 14.3 Å². The maximum Gasteiger partial charge on any atom is 0.355 e. The van der Waals surface area contributed by atoms with E-state index in [1.165, 1.54) is 21.0 Å². The van der Waals surface area contributed by atoms with E-state index in [2.05, 4.69) is 9.72 Å². The first-order valence-corrected chi connectivity index (χ1v) is 5.78. The van der Waals surface area contributed by atoms with Crippen molar-refractivity contribution in [2.24, 2.45) is 0 Å². The topological polar surface area (TPSA) is 85.5 Å². The van der Waals surface area contributed by atoms with E-state index in [4.69, 9.17) is 4.74 Å². The molecule has 0 spiro atoms. The first-order chi connectivity index (χ1) is 8.79. The highest BCUT2D eigenvalue weighted by molar-refractivity contribution is 6.01. The van der Waals surface area contributed by atoms with Crippen molar-refractivity contribution < 1.29 is 23.9 Å². The van der Waals surface area contributed by atoms with E-state index in [9.17, 15) is 14.4 Å². The number of nitrogens with one attached hydrogen (secondary N) is 1. The minimum atomic E-state index is -0.999. The lowest BCUT2D eigenvalue weighted by molar-refractivity contribution is -0.149. The van der Waals surface area contributed by atoms with E-state index in [-0.39, 0.29) is 11.5 Å². The van der Waals surface area contributed by atoms with Crippen molar-refractivity contribution in [3.63, 3.8) is 0 Å². The standard InChI is InChI=1S/C13H17NO5/c1-6-10(8(3)15)7(2)14-11(6)13(17)19-9(4)12(16)18-5/h9,14H,1-5H3/t9-/m0/s1. The lowest BCUT2D eigenvalue weighted by Crippen LogP contribution is -2.25. The smallest absolute Gasteiger partial charge is 0.355 e. The number of methoxy groups -OCH3 is 1. The molecule has 1 heterocycles. The summed E-state index contributed by atoms with van der Waals surface area (Å²) in [4.78, 5) is 37.4. The Labute approximate surface area is 111 Å². The average Bonchev–Trinajstić information content (AvgIpc) is 2.63. The molecule has 1 aromatic heterocycles. The van der Waals surface area contributed by atoms with E-state index < -0.39 is 18.0 Å². The lowest BCUT2D eigenvalue weighted by atomic mass is 10.1. The van der Waals surface area contributed by atoms with Crippen molar-refractivity contribution in [3.8, 4) is 0 Å². The molecule has 0 unspecified atom stereocenters. The van der Waals surface area contributed by atoms with Crippen LogP contribution in [0.2, 0.25) is 0 Å². The minimum Gasteiger partial charge on any atom is -0.466 e. The second-order valence-corrected chi connectivity index (χ2v) is 4.25. The maximum absolute atomic E-state index is 11.9. The molecule has 6 heteroatoms. The predicted octanol–water partition coefficient (Wildman–Crippen LogP) is 1.55. The van der Waals surface area contributed by atoms with Crippen molar-refractivity contribution in [1.29, 1.82) is 0 Å². The normalized spacial score (nSPS) is 11.8. The number of rotatable bonds is 4. The zero-order valence-electron chi connectivity index (χ0n) is 11.6. The van der Waals surface area contributed by atoms with Gasteiger partial charge in [-0.1, -0.05) is 0 Å². The van der Waals surface area contributed by atoms with E-state index in [0.29, 0.717) is 16.8 Å². The van der Waals surface area contributed by atoms with Gasteiger partial charge in [0.1, 0.15) is 5.69 Å². The molecule has 0 radical (unpaired) electrons. The summed E-state index contributed by atoms with van der Waals surface area (Å²) in [5, 5.41) is 0. The van der Waals surface area contributed by atoms with Crippen molar-refractivity contribution in [1.82, 2.24) is 4.98 Å². The van der Waals surface area contributed by atoms with E-state index in [1.807, 2.05) is 0 Å². The van der Waals surface area contributed by atoms with Gasteiger partial charge in [0.05, 0.1) is 7.11 Å². The Morgan fingerprint density at radius 1 is 1.21 bits per heavy atom. The maximum atomic E-state index is 11.9. The van der Waals surface area contributed by atoms with Crippen LogP contribution in [0.3, 0.4) is 0 Å². The molecule has 0 saturated heterocycles. The van der Waals surface area contributed by atoms with Crippen molar-refractivity contribution >= 4 is 17.7 Å². The van der Waals surface area contributed by atoms with Gasteiger partial charge in [-0.05, 0) is 33.3 Å². The predicted molar refractivity (Wildman–Crippen MR) is 67.2 cm³/mol. The Bertz CT molecular complexity index is 529. The van der Waals surface area contributed by atoms with Crippen LogP contribution in [0.4, 0.5) is 0 Å². The highest BCUT2D eigenvalue weighted by atomic mass is 16.6. The molecule has 19 heavy (non-hydrogen) atoms. The molecule has 0 fully saturated rings. The molecule has 1 aromatic rings. The number of hydrogen-bond acceptors (Lipinski definition) is 5. The third-order valence-corrected chi connectivity index (χ3v) is 2.81. The SMILES string of the molecule is COC(=O)[C@H](C)OC(=O)c1[nH]c(C)c(C(C)=O)c1C. The van der Waals surface area contributed by atoms with Gasteiger partial charge in [0.2, 0.25) is 0 Å². The molecule has 0 aliphatic carbocycles. The summed E-state index contributed by atoms with van der Waals surface area (Å²) in [6.45, 7) is 6.19. The number of ketones is 1. The third kappa shape index (κ3) is 3.01. The molecule has 0 aliphatic heterocycles. The van der Waals surface area contributed by atoms with Gasteiger partial charge in [-0.2, -0.15) is 0 Å². The number of aromatic amines is 1. The summed E-state index contributed by atoms with van der Waals surface area (Å²) in [7, 11) is 1.21. The van der Waals surface area contributed by atoms with Crippen molar-refractivity contribution in [2.75, 3.05) is 7.11 Å². The summed E-state index contributed by atoms with van der Waals surface area (Å²) in [5.41, 5.74) is 1.77. The quantitative estimate of drug-likeness (QED) is 0.660. The molecular weight excluding hydrogens is 250 g/mol. The van der Waals surface area contributed by atoms with Crippen LogP contribution in [0.15, 0.2) is 0 Å². The molecule has 0 aliphatic rings. The number of Topliss-reactive ketones (excluding diaryl/α,β-unsaturated/α-hetero) is 1.